The Morgan fingerprint density at radius 3 is 2.33 bits per heavy atom. The molecule has 0 saturated heterocycles. The van der Waals surface area contributed by atoms with Gasteiger partial charge in [-0.1, -0.05) is 30.3 Å². The van der Waals surface area contributed by atoms with Crippen LogP contribution >= 0.6 is 11.3 Å². The van der Waals surface area contributed by atoms with E-state index in [2.05, 4.69) is 0 Å². The average molecular weight is 262 g/mol. The maximum atomic E-state index is 11.6. The van der Waals surface area contributed by atoms with Gasteiger partial charge in [-0.25, -0.2) is 9.59 Å². The third-order valence-electron chi connectivity index (χ3n) is 2.23. The van der Waals surface area contributed by atoms with Gasteiger partial charge in [0.05, 0.1) is 0 Å². The summed E-state index contributed by atoms with van der Waals surface area (Å²) in [5.41, 5.74) is 0.890. The van der Waals surface area contributed by atoms with E-state index in [0.717, 1.165) is 16.9 Å². The van der Waals surface area contributed by atoms with Gasteiger partial charge in [-0.3, -0.25) is 0 Å². The van der Waals surface area contributed by atoms with Crippen molar-refractivity contribution in [2.75, 3.05) is 0 Å². The maximum absolute atomic E-state index is 11.6. The molecule has 0 aliphatic rings. The number of esters is 1. The number of thiophene rings is 1. The first-order valence-corrected chi connectivity index (χ1v) is 6.02. The molecule has 92 valence electrons. The van der Waals surface area contributed by atoms with Crippen LogP contribution < -0.4 is 0 Å². The van der Waals surface area contributed by atoms with E-state index >= 15 is 0 Å². The predicted molar refractivity (Wildman–Crippen MR) is 66.8 cm³/mol. The van der Waals surface area contributed by atoms with Gasteiger partial charge in [-0.05, 0) is 17.7 Å². The van der Waals surface area contributed by atoms with Crippen molar-refractivity contribution >= 4 is 23.3 Å². The summed E-state index contributed by atoms with van der Waals surface area (Å²) in [5, 5.41) is 8.75. The van der Waals surface area contributed by atoms with Gasteiger partial charge in [-0.15, -0.1) is 11.3 Å². The van der Waals surface area contributed by atoms with E-state index in [-0.39, 0.29) is 11.5 Å². The predicted octanol–water partition coefficient (Wildman–Crippen LogP) is 2.80. The Bertz CT molecular complexity index is 559. The minimum Gasteiger partial charge on any atom is -0.477 e. The highest BCUT2D eigenvalue weighted by atomic mass is 32.1. The molecule has 2 aromatic rings. The SMILES string of the molecule is O=C(O)c1ccc(C(=O)OCc2ccccc2)s1. The van der Waals surface area contributed by atoms with Crippen molar-refractivity contribution in [1.29, 1.82) is 0 Å². The number of aromatic carboxylic acids is 1. The summed E-state index contributed by atoms with van der Waals surface area (Å²) in [6, 6.07) is 12.2. The molecule has 5 heteroatoms. The number of carbonyl (C=O) groups is 2. The number of carboxylic acids is 1. The topological polar surface area (TPSA) is 63.6 Å². The molecule has 2 rings (SSSR count). The van der Waals surface area contributed by atoms with Crippen molar-refractivity contribution in [2.45, 2.75) is 6.61 Å². The van der Waals surface area contributed by atoms with Gasteiger partial charge in [0.25, 0.3) is 0 Å². The molecule has 0 atom stereocenters. The Morgan fingerprint density at radius 1 is 1.06 bits per heavy atom. The molecular formula is C13H10O4S. The summed E-state index contributed by atoms with van der Waals surface area (Å²) in [6.07, 6.45) is 0. The fourth-order valence-corrected chi connectivity index (χ4v) is 2.10. The molecule has 1 heterocycles. The number of hydrogen-bond donors (Lipinski definition) is 1. The first-order valence-electron chi connectivity index (χ1n) is 5.21. The molecular weight excluding hydrogens is 252 g/mol. The van der Waals surface area contributed by atoms with Gasteiger partial charge in [0.2, 0.25) is 0 Å². The van der Waals surface area contributed by atoms with E-state index in [9.17, 15) is 9.59 Å². The lowest BCUT2D eigenvalue weighted by molar-refractivity contribution is 0.0478. The molecule has 0 aliphatic heterocycles. The number of ether oxygens (including phenoxy) is 1. The molecule has 0 radical (unpaired) electrons. The van der Waals surface area contributed by atoms with Crippen LogP contribution in [0.5, 0.6) is 0 Å². The van der Waals surface area contributed by atoms with Crippen LogP contribution in [-0.2, 0) is 11.3 Å². The molecule has 0 fully saturated rings. The number of carbonyl (C=O) groups excluding carboxylic acids is 1. The Labute approximate surface area is 107 Å². The first-order chi connectivity index (χ1) is 8.66. The molecule has 0 spiro atoms. The van der Waals surface area contributed by atoms with Gasteiger partial charge >= 0.3 is 11.9 Å². The fourth-order valence-electron chi connectivity index (χ4n) is 1.36. The third-order valence-corrected chi connectivity index (χ3v) is 3.28. The van der Waals surface area contributed by atoms with Crippen molar-refractivity contribution in [3.63, 3.8) is 0 Å². The summed E-state index contributed by atoms with van der Waals surface area (Å²) < 4.78 is 5.09. The van der Waals surface area contributed by atoms with Crippen molar-refractivity contribution in [1.82, 2.24) is 0 Å². The van der Waals surface area contributed by atoms with Crippen LogP contribution in [0.1, 0.15) is 24.9 Å². The van der Waals surface area contributed by atoms with Gasteiger partial charge in [0, 0.05) is 0 Å². The molecule has 0 saturated carbocycles. The standard InChI is InChI=1S/C13H10O4S/c14-12(15)10-6-7-11(18-10)13(16)17-8-9-4-2-1-3-5-9/h1-7H,8H2,(H,14,15). The third kappa shape index (κ3) is 2.95. The normalized spacial score (nSPS) is 10.0. The lowest BCUT2D eigenvalue weighted by atomic mass is 10.2. The Kier molecular flexibility index (Phi) is 3.74. The second kappa shape index (κ2) is 5.46. The molecule has 1 aromatic heterocycles. The van der Waals surface area contributed by atoms with Crippen LogP contribution in [0.3, 0.4) is 0 Å². The molecule has 1 aromatic carbocycles. The molecule has 0 aliphatic carbocycles. The van der Waals surface area contributed by atoms with E-state index < -0.39 is 11.9 Å². The maximum Gasteiger partial charge on any atom is 0.348 e. The summed E-state index contributed by atoms with van der Waals surface area (Å²) >= 11 is 0.910. The lowest BCUT2D eigenvalue weighted by Crippen LogP contribution is -2.02. The molecule has 18 heavy (non-hydrogen) atoms. The average Bonchev–Trinajstić information content (AvgIpc) is 2.87. The minimum absolute atomic E-state index is 0.127. The number of hydrogen-bond acceptors (Lipinski definition) is 4. The highest BCUT2D eigenvalue weighted by molar-refractivity contribution is 7.15. The quantitative estimate of drug-likeness (QED) is 0.860. The first kappa shape index (κ1) is 12.3. The molecule has 4 nitrogen and oxygen atoms in total. The smallest absolute Gasteiger partial charge is 0.348 e. The molecule has 1 N–H and O–H groups in total. The number of carboxylic acid groups (broad SMARTS) is 1. The monoisotopic (exact) mass is 262 g/mol. The molecule has 0 amide bonds. The van der Waals surface area contributed by atoms with Crippen LogP contribution in [0.25, 0.3) is 0 Å². The summed E-state index contributed by atoms with van der Waals surface area (Å²) in [4.78, 5) is 22.7. The van der Waals surface area contributed by atoms with Crippen LogP contribution in [-0.4, -0.2) is 17.0 Å². The van der Waals surface area contributed by atoms with E-state index in [1.165, 1.54) is 12.1 Å². The molecule has 0 bridgehead atoms. The second-order valence-corrected chi connectivity index (χ2v) is 4.61. The van der Waals surface area contributed by atoms with Gasteiger partial charge in [0.1, 0.15) is 16.4 Å². The fraction of sp³-hybridized carbons (Fsp3) is 0.0769. The van der Waals surface area contributed by atoms with E-state index in [0.29, 0.717) is 4.88 Å². The Balaban J connectivity index is 1.97. The minimum atomic E-state index is -1.04. The van der Waals surface area contributed by atoms with Gasteiger partial charge < -0.3 is 9.84 Å². The zero-order chi connectivity index (χ0) is 13.0. The van der Waals surface area contributed by atoms with Crippen molar-refractivity contribution in [2.24, 2.45) is 0 Å². The highest BCUT2D eigenvalue weighted by Crippen LogP contribution is 2.18. The van der Waals surface area contributed by atoms with Crippen molar-refractivity contribution < 1.29 is 19.4 Å². The van der Waals surface area contributed by atoms with E-state index in [1.54, 1.807) is 0 Å². The summed E-state index contributed by atoms with van der Waals surface area (Å²) in [5.74, 6) is -1.54. The largest absolute Gasteiger partial charge is 0.477 e. The van der Waals surface area contributed by atoms with Crippen LogP contribution in [0.15, 0.2) is 42.5 Å². The van der Waals surface area contributed by atoms with Gasteiger partial charge in [-0.2, -0.15) is 0 Å². The Morgan fingerprint density at radius 2 is 1.72 bits per heavy atom. The van der Waals surface area contributed by atoms with Crippen LogP contribution in [0.4, 0.5) is 0 Å². The van der Waals surface area contributed by atoms with E-state index in [1.807, 2.05) is 30.3 Å². The van der Waals surface area contributed by atoms with E-state index in [4.69, 9.17) is 9.84 Å². The van der Waals surface area contributed by atoms with Crippen molar-refractivity contribution in [3.05, 3.63) is 57.8 Å². The van der Waals surface area contributed by atoms with Gasteiger partial charge in [0.15, 0.2) is 0 Å². The zero-order valence-corrected chi connectivity index (χ0v) is 10.1. The number of benzene rings is 1. The second-order valence-electron chi connectivity index (χ2n) is 3.53. The van der Waals surface area contributed by atoms with Crippen molar-refractivity contribution in [3.8, 4) is 0 Å². The molecule has 0 unspecified atom stereocenters. The van der Waals surface area contributed by atoms with Crippen LogP contribution in [0, 0.1) is 0 Å². The highest BCUT2D eigenvalue weighted by Gasteiger charge is 2.13. The zero-order valence-electron chi connectivity index (χ0n) is 9.33. The Hall–Kier alpha value is -2.14. The summed E-state index contributed by atoms with van der Waals surface area (Å²) in [6.45, 7) is 0.181. The number of rotatable bonds is 4. The summed E-state index contributed by atoms with van der Waals surface area (Å²) in [7, 11) is 0. The lowest BCUT2D eigenvalue weighted by Gasteiger charge is -2.02. The van der Waals surface area contributed by atoms with Crippen LogP contribution in [0.2, 0.25) is 0 Å².